The number of hydrazone groups is 1. The van der Waals surface area contributed by atoms with Gasteiger partial charge in [-0.05, 0) is 30.3 Å². The van der Waals surface area contributed by atoms with Crippen molar-refractivity contribution in [3.05, 3.63) is 40.4 Å². The third kappa shape index (κ3) is 5.53. The van der Waals surface area contributed by atoms with Crippen LogP contribution in [0.4, 0.5) is 0 Å². The summed E-state index contributed by atoms with van der Waals surface area (Å²) in [5.41, 5.74) is 3.05. The van der Waals surface area contributed by atoms with Crippen LogP contribution in [-0.4, -0.2) is 47.2 Å². The lowest BCUT2D eigenvalue weighted by Gasteiger charge is -2.12. The Kier molecular flexibility index (Phi) is 7.94. The van der Waals surface area contributed by atoms with Gasteiger partial charge in [0.2, 0.25) is 5.75 Å². The van der Waals surface area contributed by atoms with E-state index in [1.54, 1.807) is 30.3 Å². The van der Waals surface area contributed by atoms with E-state index >= 15 is 0 Å². The van der Waals surface area contributed by atoms with Gasteiger partial charge in [-0.1, -0.05) is 15.9 Å². The average Bonchev–Trinajstić information content (AvgIpc) is 2.71. The molecule has 9 heteroatoms. The fourth-order valence-electron chi connectivity index (χ4n) is 2.29. The molecule has 0 aliphatic carbocycles. The molecular formula is C19H21BrN2O6. The molecule has 0 heterocycles. The Balaban J connectivity index is 1.98. The van der Waals surface area contributed by atoms with Crippen LogP contribution in [0.2, 0.25) is 0 Å². The number of benzene rings is 2. The molecule has 0 unspecified atom stereocenters. The number of hydrogen-bond acceptors (Lipinski definition) is 7. The van der Waals surface area contributed by atoms with E-state index in [2.05, 4.69) is 26.5 Å². The third-order valence-electron chi connectivity index (χ3n) is 3.57. The second-order valence-corrected chi connectivity index (χ2v) is 6.25. The quantitative estimate of drug-likeness (QED) is 0.464. The van der Waals surface area contributed by atoms with Crippen LogP contribution in [0.15, 0.2) is 39.9 Å². The number of nitrogens with one attached hydrogen (secondary N) is 1. The summed E-state index contributed by atoms with van der Waals surface area (Å²) >= 11 is 3.34. The number of ether oxygens (including phenoxy) is 5. The van der Waals surface area contributed by atoms with Gasteiger partial charge in [0.15, 0.2) is 29.6 Å². The van der Waals surface area contributed by atoms with E-state index < -0.39 is 5.91 Å². The number of methoxy groups -OCH3 is 4. The zero-order chi connectivity index (χ0) is 20.5. The lowest BCUT2D eigenvalue weighted by atomic mass is 10.2. The molecule has 0 aromatic heterocycles. The Morgan fingerprint density at radius 2 is 1.61 bits per heavy atom. The van der Waals surface area contributed by atoms with Crippen LogP contribution >= 0.6 is 15.9 Å². The predicted octanol–water partition coefficient (Wildman–Crippen LogP) is 3.01. The van der Waals surface area contributed by atoms with Crippen LogP contribution in [0, 0.1) is 0 Å². The van der Waals surface area contributed by atoms with Gasteiger partial charge in [-0.25, -0.2) is 5.43 Å². The van der Waals surface area contributed by atoms with Gasteiger partial charge in [0, 0.05) is 10.0 Å². The highest BCUT2D eigenvalue weighted by Crippen LogP contribution is 2.37. The molecule has 1 N–H and O–H groups in total. The largest absolute Gasteiger partial charge is 0.493 e. The molecule has 0 aliphatic heterocycles. The Morgan fingerprint density at radius 1 is 0.964 bits per heavy atom. The van der Waals surface area contributed by atoms with Gasteiger partial charge < -0.3 is 23.7 Å². The smallest absolute Gasteiger partial charge is 0.277 e. The lowest BCUT2D eigenvalue weighted by molar-refractivity contribution is -0.123. The predicted molar refractivity (Wildman–Crippen MR) is 108 cm³/mol. The summed E-state index contributed by atoms with van der Waals surface area (Å²) in [5, 5.41) is 3.92. The van der Waals surface area contributed by atoms with Gasteiger partial charge in [0.25, 0.3) is 5.91 Å². The Hall–Kier alpha value is -2.94. The molecule has 0 saturated heterocycles. The number of rotatable bonds is 9. The highest BCUT2D eigenvalue weighted by molar-refractivity contribution is 9.10. The minimum Gasteiger partial charge on any atom is -0.493 e. The lowest BCUT2D eigenvalue weighted by Crippen LogP contribution is -2.24. The van der Waals surface area contributed by atoms with Crippen molar-refractivity contribution in [2.45, 2.75) is 0 Å². The molecule has 2 aromatic rings. The third-order valence-corrected chi connectivity index (χ3v) is 4.07. The molecule has 0 aliphatic rings. The summed E-state index contributed by atoms with van der Waals surface area (Å²) < 4.78 is 27.3. The first kappa shape index (κ1) is 21.4. The molecule has 0 spiro atoms. The second kappa shape index (κ2) is 10.4. The molecule has 8 nitrogen and oxygen atoms in total. The van der Waals surface area contributed by atoms with Crippen LogP contribution in [0.1, 0.15) is 5.56 Å². The number of halogens is 1. The van der Waals surface area contributed by atoms with E-state index in [-0.39, 0.29) is 6.61 Å². The molecule has 0 fully saturated rings. The van der Waals surface area contributed by atoms with E-state index in [9.17, 15) is 4.79 Å². The zero-order valence-corrected chi connectivity index (χ0v) is 17.5. The first-order chi connectivity index (χ1) is 13.5. The van der Waals surface area contributed by atoms with Gasteiger partial charge in [-0.2, -0.15) is 5.10 Å². The summed E-state index contributed by atoms with van der Waals surface area (Å²) in [4.78, 5) is 12.0. The summed E-state index contributed by atoms with van der Waals surface area (Å²) in [6, 6.07) is 8.66. The molecule has 1 amide bonds. The van der Waals surface area contributed by atoms with Crippen LogP contribution in [0.5, 0.6) is 28.7 Å². The maximum atomic E-state index is 12.0. The SMILES string of the molecule is COc1cc(Br)ccc1OCC(=O)N/N=C/c1cc(OC)c(OC)c(OC)c1. The maximum absolute atomic E-state index is 12.0. The molecule has 28 heavy (non-hydrogen) atoms. The van der Waals surface area contributed by atoms with Crippen molar-refractivity contribution in [3.8, 4) is 28.7 Å². The fraction of sp³-hybridized carbons (Fsp3) is 0.263. The topological polar surface area (TPSA) is 87.6 Å². The van der Waals surface area contributed by atoms with Crippen LogP contribution < -0.4 is 29.1 Å². The normalized spacial score (nSPS) is 10.5. The van der Waals surface area contributed by atoms with E-state index in [1.807, 2.05) is 0 Å². The van der Waals surface area contributed by atoms with Crippen molar-refractivity contribution < 1.29 is 28.5 Å². The summed E-state index contributed by atoms with van der Waals surface area (Å²) in [7, 11) is 6.09. The maximum Gasteiger partial charge on any atom is 0.277 e. The van der Waals surface area contributed by atoms with E-state index in [4.69, 9.17) is 23.7 Å². The molecule has 0 atom stereocenters. The minimum atomic E-state index is -0.423. The molecule has 0 saturated carbocycles. The van der Waals surface area contributed by atoms with Crippen LogP contribution in [0.3, 0.4) is 0 Å². The van der Waals surface area contributed by atoms with Crippen molar-refractivity contribution >= 4 is 28.1 Å². The van der Waals surface area contributed by atoms with Crippen molar-refractivity contribution in [1.29, 1.82) is 0 Å². The molecule has 0 radical (unpaired) electrons. The monoisotopic (exact) mass is 452 g/mol. The first-order valence-corrected chi connectivity index (χ1v) is 8.90. The van der Waals surface area contributed by atoms with Crippen molar-refractivity contribution in [1.82, 2.24) is 5.43 Å². The summed E-state index contributed by atoms with van der Waals surface area (Å²) in [6.45, 7) is -0.218. The van der Waals surface area contributed by atoms with Crippen molar-refractivity contribution in [3.63, 3.8) is 0 Å². The number of amides is 1. The Bertz CT molecular complexity index is 831. The molecule has 2 rings (SSSR count). The van der Waals surface area contributed by atoms with Crippen molar-refractivity contribution in [2.75, 3.05) is 35.0 Å². The summed E-state index contributed by atoms with van der Waals surface area (Å²) in [6.07, 6.45) is 1.46. The van der Waals surface area contributed by atoms with Gasteiger partial charge in [-0.15, -0.1) is 0 Å². The van der Waals surface area contributed by atoms with Gasteiger partial charge >= 0.3 is 0 Å². The first-order valence-electron chi connectivity index (χ1n) is 8.10. The average molecular weight is 453 g/mol. The highest BCUT2D eigenvalue weighted by Gasteiger charge is 2.12. The molecule has 150 valence electrons. The molecule has 2 aromatic carbocycles. The highest BCUT2D eigenvalue weighted by atomic mass is 79.9. The van der Waals surface area contributed by atoms with Gasteiger partial charge in [-0.3, -0.25) is 4.79 Å². The number of carbonyl (C=O) groups excluding carboxylic acids is 1. The van der Waals surface area contributed by atoms with Gasteiger partial charge in [0.1, 0.15) is 0 Å². The number of nitrogens with zero attached hydrogens (tertiary/aromatic N) is 1. The van der Waals surface area contributed by atoms with Gasteiger partial charge in [0.05, 0.1) is 34.7 Å². The minimum absolute atomic E-state index is 0.218. The van der Waals surface area contributed by atoms with Crippen LogP contribution in [0.25, 0.3) is 0 Å². The van der Waals surface area contributed by atoms with Crippen molar-refractivity contribution in [2.24, 2.45) is 5.10 Å². The van der Waals surface area contributed by atoms with E-state index in [1.165, 1.54) is 34.7 Å². The molecular weight excluding hydrogens is 432 g/mol. The standard InChI is InChI=1S/C19H21BrN2O6/c1-24-15-9-13(20)5-6-14(15)28-11-18(23)22-21-10-12-7-16(25-2)19(27-4)17(8-12)26-3/h5-10H,11H2,1-4H3,(H,22,23)/b21-10+. The second-order valence-electron chi connectivity index (χ2n) is 5.34. The van der Waals surface area contributed by atoms with E-state index in [0.29, 0.717) is 34.3 Å². The number of carbonyl (C=O) groups is 1. The zero-order valence-electron chi connectivity index (χ0n) is 15.9. The Labute approximate surface area is 171 Å². The van der Waals surface area contributed by atoms with E-state index in [0.717, 1.165) is 4.47 Å². The fourth-order valence-corrected chi connectivity index (χ4v) is 2.63. The summed E-state index contributed by atoms with van der Waals surface area (Å²) in [5.74, 6) is 2.00. The number of hydrogen-bond donors (Lipinski definition) is 1. The van der Waals surface area contributed by atoms with Crippen LogP contribution in [-0.2, 0) is 4.79 Å². The Morgan fingerprint density at radius 3 is 2.18 bits per heavy atom. The molecule has 0 bridgehead atoms.